The fourth-order valence-electron chi connectivity index (χ4n) is 4.57. The van der Waals surface area contributed by atoms with Gasteiger partial charge in [0.1, 0.15) is 5.82 Å². The van der Waals surface area contributed by atoms with Crippen molar-refractivity contribution in [2.24, 2.45) is 5.14 Å². The van der Waals surface area contributed by atoms with Crippen LogP contribution in [0.5, 0.6) is 0 Å². The normalized spacial score (nSPS) is 11.1. The minimum atomic E-state index is -3.85. The minimum absolute atomic E-state index is 0.0392. The molecule has 43 heavy (non-hydrogen) atoms. The number of carbonyl (C=O) groups excluding carboxylic acids is 2. The van der Waals surface area contributed by atoms with E-state index in [2.05, 4.69) is 5.32 Å². The van der Waals surface area contributed by atoms with Gasteiger partial charge in [0.2, 0.25) is 10.0 Å². The van der Waals surface area contributed by atoms with Crippen molar-refractivity contribution in [3.63, 3.8) is 0 Å². The Morgan fingerprint density at radius 2 is 1.42 bits per heavy atom. The number of nitrogens with one attached hydrogen (secondary N) is 1. The van der Waals surface area contributed by atoms with Crippen molar-refractivity contribution in [1.82, 2.24) is 10.2 Å². The molecule has 11 heteroatoms. The van der Waals surface area contributed by atoms with Gasteiger partial charge in [-0.2, -0.15) is 0 Å². The molecule has 0 aliphatic heterocycles. The Kier molecular flexibility index (Phi) is 10.0. The predicted molar refractivity (Wildman–Crippen MR) is 159 cm³/mol. The number of aliphatic carboxylic acids is 1. The van der Waals surface area contributed by atoms with Crippen LogP contribution in [0.1, 0.15) is 38.3 Å². The smallest absolute Gasteiger partial charge is 0.305 e. The third kappa shape index (κ3) is 8.34. The molecule has 9 nitrogen and oxygen atoms in total. The van der Waals surface area contributed by atoms with E-state index < -0.39 is 33.6 Å². The van der Waals surface area contributed by atoms with Gasteiger partial charge in [-0.3, -0.25) is 14.4 Å². The molecule has 0 unspecified atom stereocenters. The first-order valence-electron chi connectivity index (χ1n) is 13.4. The number of nitrogens with zero attached hydrogens (tertiary/aromatic N) is 1. The standard InChI is InChI=1S/C32H30FN3O6S/c33-24-7-5-6-23(20-24)21-35-31(39)28-10-3-1-8-26(28)27-9-2-4-11-29(27)32(40)36(19-17-30(37)38)18-16-22-12-14-25(15-13-22)43(34,41)42/h1-15,20H,16-19,21H2,(H,35,39)(H,37,38)(H2,34,41,42). The molecule has 4 N–H and O–H groups in total. The molecular formula is C32H30FN3O6S. The van der Waals surface area contributed by atoms with Crippen LogP contribution >= 0.6 is 0 Å². The van der Waals surface area contributed by atoms with E-state index in [1.54, 1.807) is 72.8 Å². The van der Waals surface area contributed by atoms with E-state index in [-0.39, 0.29) is 36.5 Å². The monoisotopic (exact) mass is 603 g/mol. The molecule has 0 atom stereocenters. The van der Waals surface area contributed by atoms with Crippen molar-refractivity contribution in [2.75, 3.05) is 13.1 Å². The first-order chi connectivity index (χ1) is 20.5. The molecule has 4 aromatic rings. The van der Waals surface area contributed by atoms with E-state index >= 15 is 0 Å². The molecule has 0 aliphatic carbocycles. The average molecular weight is 604 g/mol. The SMILES string of the molecule is NS(=O)(=O)c1ccc(CCN(CCC(=O)O)C(=O)c2ccccc2-c2ccccc2C(=O)NCc2cccc(F)c2)cc1. The highest BCUT2D eigenvalue weighted by atomic mass is 32.2. The molecule has 0 aromatic heterocycles. The van der Waals surface area contributed by atoms with Gasteiger partial charge < -0.3 is 15.3 Å². The Morgan fingerprint density at radius 3 is 2.05 bits per heavy atom. The summed E-state index contributed by atoms with van der Waals surface area (Å²) in [6.45, 7) is 0.200. The zero-order valence-corrected chi connectivity index (χ0v) is 23.9. The molecule has 4 rings (SSSR count). The highest BCUT2D eigenvalue weighted by Crippen LogP contribution is 2.28. The maximum atomic E-state index is 13.9. The van der Waals surface area contributed by atoms with Crippen molar-refractivity contribution in [2.45, 2.75) is 24.3 Å². The Balaban J connectivity index is 1.59. The zero-order chi connectivity index (χ0) is 31.0. The lowest BCUT2D eigenvalue weighted by Crippen LogP contribution is -2.35. The highest BCUT2D eigenvalue weighted by Gasteiger charge is 2.23. The van der Waals surface area contributed by atoms with Gasteiger partial charge in [-0.25, -0.2) is 17.9 Å². The van der Waals surface area contributed by atoms with Gasteiger partial charge in [-0.15, -0.1) is 0 Å². The van der Waals surface area contributed by atoms with Gasteiger partial charge in [0.15, 0.2) is 0 Å². The molecule has 0 saturated heterocycles. The Labute approximate surface area is 248 Å². The average Bonchev–Trinajstić information content (AvgIpc) is 2.99. The fraction of sp³-hybridized carbons (Fsp3) is 0.156. The van der Waals surface area contributed by atoms with Gasteiger partial charge in [-0.1, -0.05) is 60.7 Å². The van der Waals surface area contributed by atoms with Crippen LogP contribution in [0.3, 0.4) is 0 Å². The Morgan fingerprint density at radius 1 is 0.791 bits per heavy atom. The summed E-state index contributed by atoms with van der Waals surface area (Å²) in [6, 6.07) is 25.4. The van der Waals surface area contributed by atoms with Crippen molar-refractivity contribution >= 4 is 27.8 Å². The lowest BCUT2D eigenvalue weighted by Gasteiger charge is -2.24. The molecule has 2 amide bonds. The lowest BCUT2D eigenvalue weighted by molar-refractivity contribution is -0.137. The maximum absolute atomic E-state index is 13.9. The Bertz CT molecular complexity index is 1740. The molecule has 222 valence electrons. The summed E-state index contributed by atoms with van der Waals surface area (Å²) >= 11 is 0. The zero-order valence-electron chi connectivity index (χ0n) is 23.1. The number of halogens is 1. The van der Waals surface area contributed by atoms with Crippen LogP contribution in [0.25, 0.3) is 11.1 Å². The minimum Gasteiger partial charge on any atom is -0.481 e. The van der Waals surface area contributed by atoms with E-state index in [4.69, 9.17) is 5.14 Å². The van der Waals surface area contributed by atoms with E-state index in [0.29, 0.717) is 28.7 Å². The number of benzene rings is 4. The Hall–Kier alpha value is -4.87. The van der Waals surface area contributed by atoms with Gasteiger partial charge in [0.05, 0.1) is 11.3 Å². The number of carboxylic acids is 1. The number of primary sulfonamides is 1. The quantitative estimate of drug-likeness (QED) is 0.221. The van der Waals surface area contributed by atoms with E-state index in [9.17, 15) is 32.3 Å². The number of rotatable bonds is 12. The van der Waals surface area contributed by atoms with Crippen molar-refractivity contribution in [3.05, 3.63) is 125 Å². The van der Waals surface area contributed by atoms with Crippen LogP contribution in [-0.2, 0) is 27.8 Å². The largest absolute Gasteiger partial charge is 0.481 e. The summed E-state index contributed by atoms with van der Waals surface area (Å²) in [5.74, 6) is -2.31. The molecule has 0 fully saturated rings. The summed E-state index contributed by atoms with van der Waals surface area (Å²) < 4.78 is 36.7. The molecule has 0 spiro atoms. The molecule has 0 heterocycles. The maximum Gasteiger partial charge on any atom is 0.305 e. The first kappa shape index (κ1) is 31.1. The summed E-state index contributed by atoms with van der Waals surface area (Å²) in [5.41, 5.74) is 2.90. The van der Waals surface area contributed by atoms with E-state index in [0.717, 1.165) is 5.56 Å². The third-order valence-electron chi connectivity index (χ3n) is 6.77. The number of carbonyl (C=O) groups is 3. The van der Waals surface area contributed by atoms with Crippen molar-refractivity contribution < 1.29 is 32.3 Å². The van der Waals surface area contributed by atoms with Crippen LogP contribution in [0.2, 0.25) is 0 Å². The molecule has 0 radical (unpaired) electrons. The second-order valence-corrected chi connectivity index (χ2v) is 11.3. The van der Waals surface area contributed by atoms with Crippen LogP contribution < -0.4 is 10.5 Å². The number of carboxylic acid groups (broad SMARTS) is 1. The molecule has 0 bridgehead atoms. The van der Waals surface area contributed by atoms with Crippen molar-refractivity contribution in [1.29, 1.82) is 0 Å². The summed E-state index contributed by atoms with van der Waals surface area (Å²) in [6.07, 6.45) is 0.0504. The van der Waals surface area contributed by atoms with Crippen molar-refractivity contribution in [3.8, 4) is 11.1 Å². The second kappa shape index (κ2) is 13.9. The summed E-state index contributed by atoms with van der Waals surface area (Å²) in [7, 11) is -3.85. The van der Waals surface area contributed by atoms with Gasteiger partial charge in [0.25, 0.3) is 11.8 Å². The van der Waals surface area contributed by atoms with Gasteiger partial charge in [-0.05, 0) is 65.1 Å². The van der Waals surface area contributed by atoms with Gasteiger partial charge >= 0.3 is 5.97 Å². The molecule has 0 saturated carbocycles. The third-order valence-corrected chi connectivity index (χ3v) is 7.70. The van der Waals surface area contributed by atoms with Crippen LogP contribution in [0.4, 0.5) is 4.39 Å². The predicted octanol–water partition coefficient (Wildman–Crippen LogP) is 4.23. The van der Waals surface area contributed by atoms with Crippen LogP contribution in [0, 0.1) is 5.82 Å². The number of sulfonamides is 1. The van der Waals surface area contributed by atoms with Gasteiger partial charge in [0, 0.05) is 30.8 Å². The van der Waals surface area contributed by atoms with E-state index in [1.807, 2.05) is 0 Å². The van der Waals surface area contributed by atoms with Crippen LogP contribution in [0.15, 0.2) is 102 Å². The number of hydrogen-bond donors (Lipinski definition) is 3. The fourth-order valence-corrected chi connectivity index (χ4v) is 5.09. The second-order valence-electron chi connectivity index (χ2n) is 9.78. The molecule has 0 aliphatic rings. The highest BCUT2D eigenvalue weighted by molar-refractivity contribution is 7.89. The number of nitrogens with two attached hydrogens (primary N) is 1. The number of amides is 2. The first-order valence-corrected chi connectivity index (χ1v) is 14.9. The lowest BCUT2D eigenvalue weighted by atomic mass is 9.94. The summed E-state index contributed by atoms with van der Waals surface area (Å²) in [4.78, 5) is 39.9. The molecular weight excluding hydrogens is 573 g/mol. The summed E-state index contributed by atoms with van der Waals surface area (Å²) in [5, 5.41) is 17.3. The molecule has 4 aromatic carbocycles. The van der Waals surface area contributed by atoms with Crippen LogP contribution in [-0.4, -0.2) is 49.3 Å². The topological polar surface area (TPSA) is 147 Å². The van der Waals surface area contributed by atoms with E-state index in [1.165, 1.54) is 29.2 Å². The number of hydrogen-bond acceptors (Lipinski definition) is 5.